The lowest BCUT2D eigenvalue weighted by Crippen LogP contribution is -2.44. The van der Waals surface area contributed by atoms with Crippen molar-refractivity contribution in [3.8, 4) is 0 Å². The van der Waals surface area contributed by atoms with E-state index >= 15 is 0 Å². The summed E-state index contributed by atoms with van der Waals surface area (Å²) in [5.74, 6) is -2.98. The second kappa shape index (κ2) is 26.8. The maximum atomic E-state index is 14.2. The van der Waals surface area contributed by atoms with Crippen LogP contribution in [0.5, 0.6) is 0 Å². The summed E-state index contributed by atoms with van der Waals surface area (Å²) in [5, 5.41) is 6.21. The van der Waals surface area contributed by atoms with E-state index in [-0.39, 0.29) is 58.3 Å². The fourth-order valence-electron chi connectivity index (χ4n) is 7.15. The third kappa shape index (κ3) is 13.6. The minimum absolute atomic E-state index is 0.0663. The summed E-state index contributed by atoms with van der Waals surface area (Å²) in [5.41, 5.74) is -0.147. The molecule has 0 radical (unpaired) electrons. The SMILES string of the molecule is C1CCOC1.CCc1c(Br)c(=O)n(C[C@H](NC)c2ccccc2)c(=O)n1Cc1c(F)cccc1F.CI.CN[C@@H](Cn1c(=O)c(Br)c(C)n(Cc2c(F)cccc2F)c1=O)c1ccccc1. The van der Waals surface area contributed by atoms with Crippen LogP contribution in [0.2, 0.25) is 0 Å². The molecule has 6 aromatic rings. The van der Waals surface area contributed by atoms with Gasteiger partial charge in [0, 0.05) is 35.7 Å². The van der Waals surface area contributed by atoms with Gasteiger partial charge in [-0.25, -0.2) is 27.2 Å². The van der Waals surface area contributed by atoms with E-state index in [1.54, 1.807) is 27.9 Å². The first-order chi connectivity index (χ1) is 31.7. The molecule has 0 saturated carbocycles. The van der Waals surface area contributed by atoms with Gasteiger partial charge in [0.15, 0.2) is 0 Å². The van der Waals surface area contributed by atoms with Crippen LogP contribution in [0.3, 0.4) is 0 Å². The number of ether oxygens (including phenoxy) is 1. The third-order valence-electron chi connectivity index (χ3n) is 10.8. The molecular weight excluding hydrogens is 1100 g/mol. The number of hydrogen-bond donors (Lipinski definition) is 2. The van der Waals surface area contributed by atoms with Gasteiger partial charge in [-0.2, -0.15) is 0 Å². The third-order valence-corrected chi connectivity index (χ3v) is 12.6. The normalized spacial score (nSPS) is 12.8. The van der Waals surface area contributed by atoms with Crippen LogP contribution in [-0.2, 0) is 37.3 Å². The molecule has 11 nitrogen and oxygen atoms in total. The first-order valence-corrected chi connectivity index (χ1v) is 24.8. The topological polar surface area (TPSA) is 121 Å². The summed E-state index contributed by atoms with van der Waals surface area (Å²) >= 11 is 8.68. The molecule has 66 heavy (non-hydrogen) atoms. The van der Waals surface area contributed by atoms with E-state index in [4.69, 9.17) is 4.74 Å². The molecule has 2 N–H and O–H groups in total. The molecule has 2 aromatic heterocycles. The number of halogens is 7. The number of nitrogens with zero attached hydrogens (tertiary/aromatic N) is 4. The van der Waals surface area contributed by atoms with Crippen molar-refractivity contribution in [3.63, 3.8) is 0 Å². The first kappa shape index (κ1) is 54.1. The van der Waals surface area contributed by atoms with Gasteiger partial charge in [-0.15, -0.1) is 0 Å². The zero-order chi connectivity index (χ0) is 48.5. The Labute approximate surface area is 411 Å². The molecule has 18 heteroatoms. The number of rotatable bonds is 13. The summed E-state index contributed by atoms with van der Waals surface area (Å²) in [6, 6.07) is 25.3. The highest BCUT2D eigenvalue weighted by molar-refractivity contribution is 14.1. The van der Waals surface area contributed by atoms with Crippen molar-refractivity contribution in [1.29, 1.82) is 0 Å². The maximum absolute atomic E-state index is 14.2. The molecule has 4 aromatic carbocycles. The molecule has 3 heterocycles. The summed E-state index contributed by atoms with van der Waals surface area (Å²) in [6.07, 6.45) is 2.90. The average Bonchev–Trinajstić information content (AvgIpc) is 3.93. The zero-order valence-corrected chi connectivity index (χ0v) is 42.6. The van der Waals surface area contributed by atoms with Crippen molar-refractivity contribution in [2.45, 2.75) is 71.4 Å². The van der Waals surface area contributed by atoms with Crippen LogP contribution in [-0.4, -0.2) is 50.5 Å². The summed E-state index contributed by atoms with van der Waals surface area (Å²) in [6.45, 7) is 4.84. The Morgan fingerprint density at radius 2 is 0.970 bits per heavy atom. The maximum Gasteiger partial charge on any atom is 0.331 e. The van der Waals surface area contributed by atoms with Crippen molar-refractivity contribution in [2.75, 3.05) is 32.2 Å². The number of hydrogen-bond acceptors (Lipinski definition) is 7. The van der Waals surface area contributed by atoms with E-state index < -0.39 is 45.8 Å². The highest BCUT2D eigenvalue weighted by Crippen LogP contribution is 2.20. The Bertz CT molecular complexity index is 2720. The molecular formula is C48H53Br2F4IN6O5. The Balaban J connectivity index is 0.000000252. The van der Waals surface area contributed by atoms with Crippen molar-refractivity contribution >= 4 is 54.5 Å². The van der Waals surface area contributed by atoms with Gasteiger partial charge in [0.1, 0.15) is 32.2 Å². The predicted octanol–water partition coefficient (Wildman–Crippen LogP) is 8.84. The van der Waals surface area contributed by atoms with Gasteiger partial charge >= 0.3 is 11.4 Å². The van der Waals surface area contributed by atoms with Crippen molar-refractivity contribution in [1.82, 2.24) is 28.9 Å². The standard InChI is InChI=1S/C22H22BrF2N3O2.C21H20BrF2N3O2.C4H8O.CH3I/c1-3-19-20(23)21(29)28(13-18(26-2)14-8-5-4-6-9-14)22(30)27(19)12-15-16(24)10-7-11-17(15)25;1-13-19(22)20(28)27(12-18(25-2)14-7-4-3-5-8-14)21(29)26(13)11-15-16(23)9-6-10-17(15)24;1-2-4-5-3-1;1-2/h4-11,18,26H,3,12-13H2,1-2H3;3-10,18,25H,11-12H2,1-2H3;1-4H2;1H3/t2*18-;;/m00../s1. The molecule has 1 aliphatic rings. The molecule has 354 valence electrons. The summed E-state index contributed by atoms with van der Waals surface area (Å²) < 4.78 is 66.6. The second-order valence-corrected chi connectivity index (χ2v) is 16.4. The number of likely N-dealkylation sites (N-methyl/N-ethyl adjacent to an activating group) is 2. The number of alkyl halides is 1. The Morgan fingerprint density at radius 1 is 0.591 bits per heavy atom. The van der Waals surface area contributed by atoms with Gasteiger partial charge in [0.05, 0.1) is 38.3 Å². The van der Waals surface area contributed by atoms with E-state index in [0.29, 0.717) is 17.8 Å². The van der Waals surface area contributed by atoms with Crippen LogP contribution in [0.15, 0.2) is 125 Å². The molecule has 7 rings (SSSR count). The average molecular weight is 1160 g/mol. The molecule has 0 unspecified atom stereocenters. The van der Waals surface area contributed by atoms with Crippen LogP contribution < -0.4 is 33.1 Å². The van der Waals surface area contributed by atoms with Gasteiger partial charge in [-0.3, -0.25) is 27.9 Å². The molecule has 2 atom stereocenters. The monoisotopic (exact) mass is 1150 g/mol. The minimum Gasteiger partial charge on any atom is -0.381 e. The Kier molecular flexibility index (Phi) is 22.0. The van der Waals surface area contributed by atoms with E-state index in [1.807, 2.05) is 65.6 Å². The zero-order valence-electron chi connectivity index (χ0n) is 37.2. The fourth-order valence-corrected chi connectivity index (χ4v) is 8.29. The summed E-state index contributed by atoms with van der Waals surface area (Å²) in [7, 11) is 3.48. The second-order valence-electron chi connectivity index (χ2n) is 14.8. The van der Waals surface area contributed by atoms with Gasteiger partial charge in [-0.05, 0) is 112 Å². The van der Waals surface area contributed by atoms with Crippen LogP contribution in [0.1, 0.15) is 65.5 Å². The minimum atomic E-state index is -0.748. The number of aromatic nitrogens is 4. The quantitative estimate of drug-likeness (QED) is 0.0674. The van der Waals surface area contributed by atoms with Gasteiger partial charge in [0.25, 0.3) is 11.1 Å². The highest BCUT2D eigenvalue weighted by atomic mass is 127. The lowest BCUT2D eigenvalue weighted by atomic mass is 10.1. The highest BCUT2D eigenvalue weighted by Gasteiger charge is 2.23. The predicted molar refractivity (Wildman–Crippen MR) is 267 cm³/mol. The smallest absolute Gasteiger partial charge is 0.331 e. The summed E-state index contributed by atoms with van der Waals surface area (Å²) in [4.78, 5) is 54.0. The van der Waals surface area contributed by atoms with Crippen LogP contribution in [0.4, 0.5) is 17.6 Å². The van der Waals surface area contributed by atoms with E-state index in [0.717, 1.165) is 57.7 Å². The number of nitrogens with one attached hydrogen (secondary N) is 2. The molecule has 1 saturated heterocycles. The molecule has 1 aliphatic heterocycles. The largest absolute Gasteiger partial charge is 0.381 e. The van der Waals surface area contributed by atoms with E-state index in [9.17, 15) is 36.7 Å². The van der Waals surface area contributed by atoms with Gasteiger partial charge < -0.3 is 15.4 Å². The van der Waals surface area contributed by atoms with Gasteiger partial charge in [-0.1, -0.05) is 102 Å². The molecule has 0 aliphatic carbocycles. The molecule has 1 fully saturated rings. The van der Waals surface area contributed by atoms with Crippen LogP contribution in [0.25, 0.3) is 0 Å². The van der Waals surface area contributed by atoms with Crippen LogP contribution in [0, 0.1) is 30.2 Å². The lowest BCUT2D eigenvalue weighted by molar-refractivity contribution is 0.198. The Morgan fingerprint density at radius 3 is 1.33 bits per heavy atom. The lowest BCUT2D eigenvalue weighted by Gasteiger charge is -2.21. The van der Waals surface area contributed by atoms with Crippen molar-refractivity contribution in [3.05, 3.63) is 205 Å². The van der Waals surface area contributed by atoms with E-state index in [1.165, 1.54) is 34.1 Å². The fraction of sp³-hybridized carbons (Fsp3) is 0.333. The van der Waals surface area contributed by atoms with E-state index in [2.05, 4.69) is 65.1 Å². The van der Waals surface area contributed by atoms with Gasteiger partial charge in [0.2, 0.25) is 0 Å². The van der Waals surface area contributed by atoms with Crippen molar-refractivity contribution in [2.24, 2.45) is 0 Å². The molecule has 0 amide bonds. The van der Waals surface area contributed by atoms with Crippen LogP contribution >= 0.6 is 54.5 Å². The number of benzene rings is 4. The molecule has 0 spiro atoms. The first-order valence-electron chi connectivity index (χ1n) is 21.0. The molecule has 0 bridgehead atoms. The van der Waals surface area contributed by atoms with Crippen molar-refractivity contribution < 1.29 is 22.3 Å². The Hall–Kier alpha value is -4.47.